The summed E-state index contributed by atoms with van der Waals surface area (Å²) in [5.41, 5.74) is 2.23. The molecule has 0 bridgehead atoms. The van der Waals surface area contributed by atoms with Crippen LogP contribution in [0.5, 0.6) is 5.75 Å². The van der Waals surface area contributed by atoms with Crippen molar-refractivity contribution in [2.24, 2.45) is 0 Å². The summed E-state index contributed by atoms with van der Waals surface area (Å²) in [5, 5.41) is 3.40. The number of para-hydroxylation sites is 1. The number of hydrogen-bond donors (Lipinski definition) is 1. The first-order chi connectivity index (χ1) is 10.2. The Hall–Kier alpha value is -1.94. The van der Waals surface area contributed by atoms with Crippen molar-refractivity contribution in [3.63, 3.8) is 0 Å². The van der Waals surface area contributed by atoms with E-state index in [9.17, 15) is 0 Å². The lowest BCUT2D eigenvalue weighted by atomic mass is 9.92. The first-order valence-corrected chi connectivity index (χ1v) is 7.51. The van der Waals surface area contributed by atoms with Crippen molar-refractivity contribution in [1.29, 1.82) is 0 Å². The van der Waals surface area contributed by atoms with Crippen LogP contribution in [0.3, 0.4) is 0 Å². The molecule has 2 aromatic rings. The molecular formula is C17H21N3O. The van der Waals surface area contributed by atoms with Crippen molar-refractivity contribution >= 4 is 0 Å². The molecule has 0 radical (unpaired) electrons. The Labute approximate surface area is 125 Å². The van der Waals surface area contributed by atoms with Crippen LogP contribution < -0.4 is 10.1 Å². The molecule has 1 aliphatic rings. The number of benzene rings is 1. The molecule has 110 valence electrons. The van der Waals surface area contributed by atoms with E-state index in [1.165, 1.54) is 5.56 Å². The standard InChI is InChI=1S/C17H21N3O/c1-12(2)19-11-13-7-9-18-17(20-13)15-8-10-21-16-6-4-3-5-14(15)16/h3-7,9,12,15,19H,8,10-11H2,1-2H3. The predicted molar refractivity (Wildman–Crippen MR) is 82.4 cm³/mol. The molecule has 0 aliphatic carbocycles. The summed E-state index contributed by atoms with van der Waals surface area (Å²) in [5.74, 6) is 2.09. The molecule has 2 heterocycles. The zero-order valence-corrected chi connectivity index (χ0v) is 12.5. The van der Waals surface area contributed by atoms with Crippen molar-refractivity contribution in [1.82, 2.24) is 15.3 Å². The van der Waals surface area contributed by atoms with Gasteiger partial charge < -0.3 is 10.1 Å². The van der Waals surface area contributed by atoms with Crippen molar-refractivity contribution in [3.05, 3.63) is 53.6 Å². The van der Waals surface area contributed by atoms with Gasteiger partial charge >= 0.3 is 0 Å². The highest BCUT2D eigenvalue weighted by Gasteiger charge is 2.24. The fourth-order valence-electron chi connectivity index (χ4n) is 2.60. The molecule has 0 fully saturated rings. The Kier molecular flexibility index (Phi) is 4.15. The smallest absolute Gasteiger partial charge is 0.136 e. The van der Waals surface area contributed by atoms with E-state index in [-0.39, 0.29) is 5.92 Å². The normalized spacial score (nSPS) is 17.4. The van der Waals surface area contributed by atoms with E-state index in [0.717, 1.165) is 36.8 Å². The number of ether oxygens (including phenoxy) is 1. The van der Waals surface area contributed by atoms with Gasteiger partial charge in [0, 0.05) is 24.3 Å². The van der Waals surface area contributed by atoms with E-state index in [2.05, 4.69) is 30.2 Å². The zero-order chi connectivity index (χ0) is 14.7. The van der Waals surface area contributed by atoms with Gasteiger partial charge in [0.2, 0.25) is 0 Å². The molecule has 1 aliphatic heterocycles. The summed E-state index contributed by atoms with van der Waals surface area (Å²) in [6, 6.07) is 10.6. The maximum absolute atomic E-state index is 5.72. The third-order valence-electron chi connectivity index (χ3n) is 3.69. The second kappa shape index (κ2) is 6.22. The summed E-state index contributed by atoms with van der Waals surface area (Å²) in [6.07, 6.45) is 2.79. The van der Waals surface area contributed by atoms with E-state index >= 15 is 0 Å². The second-order valence-electron chi connectivity index (χ2n) is 5.67. The summed E-state index contributed by atoms with van der Waals surface area (Å²) in [4.78, 5) is 9.23. The number of hydrogen-bond acceptors (Lipinski definition) is 4. The van der Waals surface area contributed by atoms with Gasteiger partial charge in [-0.05, 0) is 18.6 Å². The first kappa shape index (κ1) is 14.0. The Morgan fingerprint density at radius 2 is 2.14 bits per heavy atom. The SMILES string of the molecule is CC(C)NCc1ccnc(C2CCOc3ccccc32)n1. The molecular weight excluding hydrogens is 262 g/mol. The molecule has 1 aromatic heterocycles. The van der Waals surface area contributed by atoms with Gasteiger partial charge in [-0.1, -0.05) is 32.0 Å². The average molecular weight is 283 g/mol. The molecule has 0 amide bonds. The number of fused-ring (bicyclic) bond motifs is 1. The number of rotatable bonds is 4. The summed E-state index contributed by atoms with van der Waals surface area (Å²) in [6.45, 7) is 5.77. The molecule has 4 heteroatoms. The topological polar surface area (TPSA) is 47.0 Å². The highest BCUT2D eigenvalue weighted by molar-refractivity contribution is 5.40. The van der Waals surface area contributed by atoms with Gasteiger partial charge in [0.05, 0.1) is 18.2 Å². The lowest BCUT2D eigenvalue weighted by molar-refractivity contribution is 0.274. The highest BCUT2D eigenvalue weighted by atomic mass is 16.5. The first-order valence-electron chi connectivity index (χ1n) is 7.51. The average Bonchev–Trinajstić information content (AvgIpc) is 2.52. The van der Waals surface area contributed by atoms with Crippen LogP contribution >= 0.6 is 0 Å². The van der Waals surface area contributed by atoms with E-state index in [1.807, 2.05) is 30.5 Å². The van der Waals surface area contributed by atoms with Crippen LogP contribution in [0.1, 0.15) is 43.3 Å². The molecule has 1 N–H and O–H groups in total. The van der Waals surface area contributed by atoms with Crippen molar-refractivity contribution in [3.8, 4) is 5.75 Å². The minimum Gasteiger partial charge on any atom is -0.493 e. The van der Waals surface area contributed by atoms with Crippen molar-refractivity contribution < 1.29 is 4.74 Å². The maximum Gasteiger partial charge on any atom is 0.136 e. The van der Waals surface area contributed by atoms with E-state index < -0.39 is 0 Å². The van der Waals surface area contributed by atoms with Gasteiger partial charge in [-0.15, -0.1) is 0 Å². The quantitative estimate of drug-likeness (QED) is 0.937. The molecule has 1 atom stereocenters. The van der Waals surface area contributed by atoms with E-state index in [1.54, 1.807) is 0 Å². The third-order valence-corrected chi connectivity index (χ3v) is 3.69. The fraction of sp³-hybridized carbons (Fsp3) is 0.412. The van der Waals surface area contributed by atoms with Gasteiger partial charge in [0.1, 0.15) is 11.6 Å². The van der Waals surface area contributed by atoms with Crippen LogP contribution in [0.4, 0.5) is 0 Å². The molecule has 0 saturated carbocycles. The highest BCUT2D eigenvalue weighted by Crippen LogP contribution is 2.36. The molecule has 21 heavy (non-hydrogen) atoms. The number of nitrogens with zero attached hydrogens (tertiary/aromatic N) is 2. The van der Waals surface area contributed by atoms with Crippen molar-refractivity contribution in [2.75, 3.05) is 6.61 Å². The molecule has 1 aromatic carbocycles. The van der Waals surface area contributed by atoms with Crippen LogP contribution in [0, 0.1) is 0 Å². The third kappa shape index (κ3) is 3.22. The summed E-state index contributed by atoms with van der Waals surface area (Å²) in [7, 11) is 0. The molecule has 3 rings (SSSR count). The van der Waals surface area contributed by atoms with Crippen LogP contribution in [0.2, 0.25) is 0 Å². The van der Waals surface area contributed by atoms with Crippen LogP contribution in [-0.2, 0) is 6.54 Å². The second-order valence-corrected chi connectivity index (χ2v) is 5.67. The lowest BCUT2D eigenvalue weighted by Crippen LogP contribution is -2.23. The van der Waals surface area contributed by atoms with Crippen LogP contribution in [0.25, 0.3) is 0 Å². The Morgan fingerprint density at radius 3 is 3.00 bits per heavy atom. The van der Waals surface area contributed by atoms with Gasteiger partial charge in [-0.2, -0.15) is 0 Å². The largest absolute Gasteiger partial charge is 0.493 e. The lowest BCUT2D eigenvalue weighted by Gasteiger charge is -2.25. The maximum atomic E-state index is 5.72. The monoisotopic (exact) mass is 283 g/mol. The zero-order valence-electron chi connectivity index (χ0n) is 12.5. The Bertz CT molecular complexity index is 612. The summed E-state index contributed by atoms with van der Waals surface area (Å²) >= 11 is 0. The van der Waals surface area contributed by atoms with Gasteiger partial charge in [0.25, 0.3) is 0 Å². The number of aromatic nitrogens is 2. The van der Waals surface area contributed by atoms with Crippen molar-refractivity contribution in [2.45, 2.75) is 38.8 Å². The Balaban J connectivity index is 1.86. The molecule has 4 nitrogen and oxygen atoms in total. The van der Waals surface area contributed by atoms with Gasteiger partial charge in [-0.3, -0.25) is 0 Å². The molecule has 0 spiro atoms. The Morgan fingerprint density at radius 1 is 1.29 bits per heavy atom. The van der Waals surface area contributed by atoms with Gasteiger partial charge in [-0.25, -0.2) is 9.97 Å². The minimum atomic E-state index is 0.231. The van der Waals surface area contributed by atoms with E-state index in [0.29, 0.717) is 6.04 Å². The van der Waals surface area contributed by atoms with Gasteiger partial charge in [0.15, 0.2) is 0 Å². The van der Waals surface area contributed by atoms with Crippen LogP contribution in [-0.4, -0.2) is 22.6 Å². The molecule has 1 unspecified atom stereocenters. The van der Waals surface area contributed by atoms with Crippen LogP contribution in [0.15, 0.2) is 36.5 Å². The van der Waals surface area contributed by atoms with E-state index in [4.69, 9.17) is 9.72 Å². The number of nitrogens with one attached hydrogen (secondary N) is 1. The fourth-order valence-corrected chi connectivity index (χ4v) is 2.60. The summed E-state index contributed by atoms with van der Waals surface area (Å²) < 4.78 is 5.72. The minimum absolute atomic E-state index is 0.231. The predicted octanol–water partition coefficient (Wildman–Crippen LogP) is 2.89. The molecule has 0 saturated heterocycles.